The van der Waals surface area contributed by atoms with Gasteiger partial charge < -0.3 is 0 Å². The lowest BCUT2D eigenvalue weighted by atomic mass is 10.1. The van der Waals surface area contributed by atoms with E-state index in [4.69, 9.17) is 0 Å². The Hall–Kier alpha value is -2.49. The molecule has 1 aromatic carbocycles. The van der Waals surface area contributed by atoms with E-state index in [0.717, 1.165) is 28.8 Å². The lowest BCUT2D eigenvalue weighted by molar-refractivity contribution is 0.528. The van der Waals surface area contributed by atoms with Gasteiger partial charge >= 0.3 is 0 Å². The second-order valence-electron chi connectivity index (χ2n) is 5.61. The van der Waals surface area contributed by atoms with E-state index in [1.165, 1.54) is 0 Å². The highest BCUT2D eigenvalue weighted by molar-refractivity contribution is 5.77. The van der Waals surface area contributed by atoms with Crippen molar-refractivity contribution in [2.75, 3.05) is 0 Å². The van der Waals surface area contributed by atoms with Gasteiger partial charge in [0.2, 0.25) is 0 Å². The van der Waals surface area contributed by atoms with E-state index in [-0.39, 0.29) is 11.6 Å². The Morgan fingerprint density at radius 3 is 2.73 bits per heavy atom. The van der Waals surface area contributed by atoms with E-state index in [1.54, 1.807) is 17.1 Å². The van der Waals surface area contributed by atoms with Crippen molar-refractivity contribution in [3.63, 3.8) is 0 Å². The first-order valence-corrected chi connectivity index (χ1v) is 7.51. The van der Waals surface area contributed by atoms with Crippen LogP contribution < -0.4 is 5.56 Å². The van der Waals surface area contributed by atoms with Crippen LogP contribution in [0.2, 0.25) is 0 Å². The average molecular weight is 293 g/mol. The fourth-order valence-corrected chi connectivity index (χ4v) is 2.84. The predicted molar refractivity (Wildman–Crippen MR) is 88.1 cm³/mol. The van der Waals surface area contributed by atoms with Gasteiger partial charge in [0.25, 0.3) is 5.56 Å². The van der Waals surface area contributed by atoms with Crippen molar-refractivity contribution in [1.82, 2.24) is 14.5 Å². The van der Waals surface area contributed by atoms with Gasteiger partial charge in [0.05, 0.1) is 29.0 Å². The van der Waals surface area contributed by atoms with Crippen LogP contribution in [0.1, 0.15) is 36.2 Å². The Morgan fingerprint density at radius 2 is 2.00 bits per heavy atom. The number of benzene rings is 1. The number of pyridine rings is 1. The van der Waals surface area contributed by atoms with Gasteiger partial charge in [-0.1, -0.05) is 19.1 Å². The third kappa shape index (κ3) is 2.41. The van der Waals surface area contributed by atoms with Crippen molar-refractivity contribution in [3.8, 4) is 0 Å². The number of fused-ring (bicyclic) bond motifs is 1. The Balaban J connectivity index is 2.20. The van der Waals surface area contributed by atoms with E-state index in [9.17, 15) is 4.79 Å². The fourth-order valence-electron chi connectivity index (χ4n) is 2.84. The predicted octanol–water partition coefficient (Wildman–Crippen LogP) is 3.41. The number of hydrogen-bond donors (Lipinski definition) is 0. The molecule has 4 heteroatoms. The quantitative estimate of drug-likeness (QED) is 0.743. The zero-order valence-electron chi connectivity index (χ0n) is 13.1. The molecule has 0 saturated carbocycles. The van der Waals surface area contributed by atoms with Gasteiger partial charge in [0.1, 0.15) is 0 Å². The monoisotopic (exact) mass is 293 g/mol. The molecule has 0 aliphatic rings. The molecule has 0 amide bonds. The molecule has 2 aromatic heterocycles. The molecular formula is C18H19N3O. The first kappa shape index (κ1) is 14.4. The number of hydrogen-bond acceptors (Lipinski definition) is 3. The van der Waals surface area contributed by atoms with Crippen molar-refractivity contribution < 1.29 is 0 Å². The summed E-state index contributed by atoms with van der Waals surface area (Å²) in [5, 5.41) is 0.653. The topological polar surface area (TPSA) is 47.8 Å². The molecule has 0 fully saturated rings. The summed E-state index contributed by atoms with van der Waals surface area (Å²) < 4.78 is 1.70. The van der Waals surface area contributed by atoms with Gasteiger partial charge in [-0.3, -0.25) is 14.3 Å². The van der Waals surface area contributed by atoms with Gasteiger partial charge in [0.15, 0.2) is 0 Å². The van der Waals surface area contributed by atoms with Crippen LogP contribution >= 0.6 is 0 Å². The zero-order valence-corrected chi connectivity index (χ0v) is 13.1. The molecule has 3 rings (SSSR count). The highest BCUT2D eigenvalue weighted by atomic mass is 16.1. The van der Waals surface area contributed by atoms with Gasteiger partial charge in [-0.15, -0.1) is 0 Å². The third-order valence-electron chi connectivity index (χ3n) is 4.03. The highest BCUT2D eigenvalue weighted by Crippen LogP contribution is 2.22. The van der Waals surface area contributed by atoms with Crippen molar-refractivity contribution >= 4 is 10.9 Å². The molecule has 0 spiro atoms. The first-order valence-electron chi connectivity index (χ1n) is 7.51. The molecule has 2 heterocycles. The number of aryl methyl sites for hydroxylation is 2. The molecule has 22 heavy (non-hydrogen) atoms. The van der Waals surface area contributed by atoms with Crippen LogP contribution in [0.5, 0.6) is 0 Å². The number of aromatic nitrogens is 3. The van der Waals surface area contributed by atoms with Crippen LogP contribution in [-0.4, -0.2) is 14.5 Å². The Kier molecular flexibility index (Phi) is 3.75. The Morgan fingerprint density at radius 1 is 1.18 bits per heavy atom. The SMILES string of the molecule is CC[C@@H](c1ncccc1C)n1cnc2cc(C)ccc2c1=O. The minimum absolute atomic E-state index is 0.0121. The van der Waals surface area contributed by atoms with E-state index >= 15 is 0 Å². The van der Waals surface area contributed by atoms with Crippen LogP contribution in [0.15, 0.2) is 47.7 Å². The highest BCUT2D eigenvalue weighted by Gasteiger charge is 2.17. The second kappa shape index (κ2) is 5.72. The smallest absolute Gasteiger partial charge is 0.261 e. The minimum atomic E-state index is -0.0908. The number of nitrogens with zero attached hydrogens (tertiary/aromatic N) is 3. The minimum Gasteiger partial charge on any atom is -0.290 e. The molecule has 0 aliphatic carbocycles. The maximum Gasteiger partial charge on any atom is 0.261 e. The third-order valence-corrected chi connectivity index (χ3v) is 4.03. The molecule has 3 aromatic rings. The van der Waals surface area contributed by atoms with E-state index in [2.05, 4.69) is 16.9 Å². The molecule has 1 atom stereocenters. The summed E-state index contributed by atoms with van der Waals surface area (Å²) >= 11 is 0. The zero-order chi connectivity index (χ0) is 15.7. The van der Waals surface area contributed by atoms with Crippen molar-refractivity contribution in [2.45, 2.75) is 33.2 Å². The molecule has 0 radical (unpaired) electrons. The van der Waals surface area contributed by atoms with Gasteiger partial charge in [-0.05, 0) is 49.6 Å². The molecule has 0 unspecified atom stereocenters. The summed E-state index contributed by atoms with van der Waals surface area (Å²) in [6.07, 6.45) is 4.21. The van der Waals surface area contributed by atoms with Crippen molar-refractivity contribution in [2.24, 2.45) is 0 Å². The second-order valence-corrected chi connectivity index (χ2v) is 5.61. The fraction of sp³-hybridized carbons (Fsp3) is 0.278. The van der Waals surface area contributed by atoms with Crippen molar-refractivity contribution in [1.29, 1.82) is 0 Å². The summed E-state index contributed by atoms with van der Waals surface area (Å²) in [6, 6.07) is 9.58. The Bertz CT molecular complexity index is 883. The maximum atomic E-state index is 12.8. The Labute approximate surface area is 129 Å². The summed E-state index contributed by atoms with van der Waals surface area (Å²) in [5.41, 5.74) is 3.85. The summed E-state index contributed by atoms with van der Waals surface area (Å²) in [4.78, 5) is 21.8. The van der Waals surface area contributed by atoms with Crippen LogP contribution in [0, 0.1) is 13.8 Å². The van der Waals surface area contributed by atoms with Gasteiger partial charge in [-0.2, -0.15) is 0 Å². The summed E-state index contributed by atoms with van der Waals surface area (Å²) in [5.74, 6) is 0. The van der Waals surface area contributed by atoms with Crippen LogP contribution in [-0.2, 0) is 0 Å². The van der Waals surface area contributed by atoms with Crippen LogP contribution in [0.25, 0.3) is 10.9 Å². The normalized spacial score (nSPS) is 12.5. The molecule has 112 valence electrons. The van der Waals surface area contributed by atoms with Gasteiger partial charge in [-0.25, -0.2) is 4.98 Å². The largest absolute Gasteiger partial charge is 0.290 e. The lowest BCUT2D eigenvalue weighted by Gasteiger charge is -2.19. The van der Waals surface area contributed by atoms with Crippen molar-refractivity contribution in [3.05, 3.63) is 70.0 Å². The molecule has 0 bridgehead atoms. The molecule has 0 aliphatic heterocycles. The van der Waals surface area contributed by atoms with Crippen LogP contribution in [0.4, 0.5) is 0 Å². The van der Waals surface area contributed by atoms with Crippen LogP contribution in [0.3, 0.4) is 0 Å². The standard InChI is InChI=1S/C18H19N3O/c1-4-16(17-13(3)6-5-9-19-17)21-11-20-15-10-12(2)7-8-14(15)18(21)22/h5-11,16H,4H2,1-3H3/t16-/m0/s1. The maximum absolute atomic E-state index is 12.8. The summed E-state index contributed by atoms with van der Waals surface area (Å²) in [7, 11) is 0. The summed E-state index contributed by atoms with van der Waals surface area (Å²) in [6.45, 7) is 6.08. The van der Waals surface area contributed by atoms with Gasteiger partial charge in [0, 0.05) is 6.20 Å². The molecule has 0 saturated heterocycles. The average Bonchev–Trinajstić information content (AvgIpc) is 2.51. The van der Waals surface area contributed by atoms with E-state index in [1.807, 2.05) is 44.2 Å². The molecule has 4 nitrogen and oxygen atoms in total. The number of rotatable bonds is 3. The first-order chi connectivity index (χ1) is 10.6. The molecular weight excluding hydrogens is 274 g/mol. The van der Waals surface area contributed by atoms with E-state index in [0.29, 0.717) is 5.39 Å². The lowest BCUT2D eigenvalue weighted by Crippen LogP contribution is -2.26. The molecule has 0 N–H and O–H groups in total. The van der Waals surface area contributed by atoms with E-state index < -0.39 is 0 Å².